The second-order valence-corrected chi connectivity index (χ2v) is 5.28. The van der Waals surface area contributed by atoms with E-state index in [2.05, 4.69) is 0 Å². The Morgan fingerprint density at radius 3 is 1.33 bits per heavy atom. The van der Waals surface area contributed by atoms with Crippen LogP contribution in [0.15, 0.2) is 36.4 Å². The van der Waals surface area contributed by atoms with Gasteiger partial charge in [0, 0.05) is 11.1 Å². The Hall–Kier alpha value is -2.31. The van der Waals surface area contributed by atoms with Crippen LogP contribution in [0, 0.1) is 13.8 Å². The number of hydrogen-bond acceptors (Lipinski definition) is 1. The molecule has 128 valence electrons. The largest absolute Gasteiger partial charge is 0.416 e. The topological polar surface area (TPSA) is 17.1 Å². The van der Waals surface area contributed by atoms with Gasteiger partial charge in [0.1, 0.15) is 0 Å². The summed E-state index contributed by atoms with van der Waals surface area (Å²) in [6.07, 6.45) is -9.30. The summed E-state index contributed by atoms with van der Waals surface area (Å²) in [6.45, 7) is 2.25. The van der Waals surface area contributed by atoms with Crippen molar-refractivity contribution in [2.45, 2.75) is 26.2 Å². The van der Waals surface area contributed by atoms with E-state index in [1.165, 1.54) is 12.1 Å². The zero-order valence-electron chi connectivity index (χ0n) is 12.6. The van der Waals surface area contributed by atoms with E-state index in [-0.39, 0.29) is 22.3 Å². The number of alkyl halides is 6. The Labute approximate surface area is 133 Å². The van der Waals surface area contributed by atoms with Gasteiger partial charge in [0.25, 0.3) is 0 Å². The van der Waals surface area contributed by atoms with Crippen LogP contribution in [-0.2, 0) is 12.4 Å². The Bertz CT molecular complexity index is 721. The molecule has 1 nitrogen and oxygen atoms in total. The Balaban J connectivity index is 2.60. The molecule has 0 saturated heterocycles. The van der Waals surface area contributed by atoms with Crippen LogP contribution in [0.4, 0.5) is 26.3 Å². The first kappa shape index (κ1) is 18.0. The van der Waals surface area contributed by atoms with Gasteiger partial charge in [0.15, 0.2) is 5.78 Å². The molecule has 0 aliphatic heterocycles. The molecule has 0 aliphatic rings. The smallest absolute Gasteiger partial charge is 0.289 e. The molecule has 2 aromatic carbocycles. The number of carbonyl (C=O) groups excluding carboxylic acids is 1. The number of halogens is 6. The van der Waals surface area contributed by atoms with E-state index in [9.17, 15) is 31.1 Å². The van der Waals surface area contributed by atoms with Crippen LogP contribution in [0.2, 0.25) is 0 Å². The minimum absolute atomic E-state index is 0.271. The van der Waals surface area contributed by atoms with Crippen LogP contribution >= 0.6 is 0 Å². The van der Waals surface area contributed by atoms with Gasteiger partial charge in [-0.3, -0.25) is 4.79 Å². The van der Waals surface area contributed by atoms with E-state index in [1.54, 1.807) is 0 Å². The maximum absolute atomic E-state index is 12.9. The standard InChI is InChI=1S/C17H12F6O/c1-9-11(5-3-7-13(9)16(18,19)20)15(24)12-6-4-8-14(10(12)2)17(21,22)23/h3-8H,1-2H3. The van der Waals surface area contributed by atoms with Crippen molar-refractivity contribution in [1.29, 1.82) is 0 Å². The van der Waals surface area contributed by atoms with Gasteiger partial charge >= 0.3 is 12.4 Å². The quantitative estimate of drug-likeness (QED) is 0.513. The monoisotopic (exact) mass is 346 g/mol. The van der Waals surface area contributed by atoms with Crippen molar-refractivity contribution in [3.8, 4) is 0 Å². The number of hydrogen-bond donors (Lipinski definition) is 0. The van der Waals surface area contributed by atoms with Gasteiger partial charge in [-0.1, -0.05) is 24.3 Å². The fourth-order valence-corrected chi connectivity index (χ4v) is 2.52. The SMILES string of the molecule is Cc1c(C(=O)c2cccc(C(F)(F)F)c2C)cccc1C(F)(F)F. The van der Waals surface area contributed by atoms with Crippen molar-refractivity contribution in [3.05, 3.63) is 69.8 Å². The van der Waals surface area contributed by atoms with Crippen molar-refractivity contribution >= 4 is 5.78 Å². The van der Waals surface area contributed by atoms with Crippen molar-refractivity contribution in [2.24, 2.45) is 0 Å². The lowest BCUT2D eigenvalue weighted by Gasteiger charge is -2.16. The predicted octanol–water partition coefficient (Wildman–Crippen LogP) is 5.57. The third-order valence-electron chi connectivity index (χ3n) is 3.77. The molecule has 7 heteroatoms. The fraction of sp³-hybridized carbons (Fsp3) is 0.235. The van der Waals surface area contributed by atoms with Crippen LogP contribution in [0.5, 0.6) is 0 Å². The second kappa shape index (κ2) is 5.96. The summed E-state index contributed by atoms with van der Waals surface area (Å²) in [4.78, 5) is 12.5. The summed E-state index contributed by atoms with van der Waals surface area (Å²) in [6, 6.07) is 6.12. The van der Waals surface area contributed by atoms with Crippen molar-refractivity contribution in [3.63, 3.8) is 0 Å². The first-order chi connectivity index (χ1) is 10.9. The van der Waals surface area contributed by atoms with E-state index in [4.69, 9.17) is 0 Å². The molecule has 0 N–H and O–H groups in total. The molecule has 0 amide bonds. The first-order valence-corrected chi connectivity index (χ1v) is 6.83. The molecule has 0 aromatic heterocycles. The maximum Gasteiger partial charge on any atom is 0.416 e. The number of rotatable bonds is 2. The summed E-state index contributed by atoms with van der Waals surface area (Å²) in [7, 11) is 0. The third-order valence-corrected chi connectivity index (χ3v) is 3.77. The van der Waals surface area contributed by atoms with Gasteiger partial charge in [-0.2, -0.15) is 26.3 Å². The highest BCUT2D eigenvalue weighted by molar-refractivity contribution is 6.11. The average molecular weight is 346 g/mol. The molecule has 0 fully saturated rings. The minimum atomic E-state index is -4.65. The number of ketones is 1. The van der Waals surface area contributed by atoms with Gasteiger partial charge in [-0.15, -0.1) is 0 Å². The van der Waals surface area contributed by atoms with Gasteiger partial charge in [-0.05, 0) is 37.1 Å². The number of carbonyl (C=O) groups is 1. The molecule has 0 atom stereocenters. The van der Waals surface area contributed by atoms with E-state index in [0.29, 0.717) is 0 Å². The summed E-state index contributed by atoms with van der Waals surface area (Å²) in [5.41, 5.74) is -3.14. The van der Waals surface area contributed by atoms with Crippen molar-refractivity contribution in [1.82, 2.24) is 0 Å². The predicted molar refractivity (Wildman–Crippen MR) is 75.8 cm³/mol. The highest BCUT2D eigenvalue weighted by Crippen LogP contribution is 2.36. The van der Waals surface area contributed by atoms with Crippen LogP contribution in [0.25, 0.3) is 0 Å². The third kappa shape index (κ3) is 3.29. The lowest BCUT2D eigenvalue weighted by atomic mass is 9.91. The van der Waals surface area contributed by atoms with Gasteiger partial charge in [-0.25, -0.2) is 0 Å². The van der Waals surface area contributed by atoms with Crippen molar-refractivity contribution in [2.75, 3.05) is 0 Å². The summed E-state index contributed by atoms with van der Waals surface area (Å²) in [5.74, 6) is -0.873. The minimum Gasteiger partial charge on any atom is -0.289 e. The normalized spacial score (nSPS) is 12.3. The summed E-state index contributed by atoms with van der Waals surface area (Å²) < 4.78 is 77.6. The Morgan fingerprint density at radius 2 is 1.04 bits per heavy atom. The van der Waals surface area contributed by atoms with E-state index < -0.39 is 29.3 Å². The lowest BCUT2D eigenvalue weighted by molar-refractivity contribution is -0.138. The Kier molecular flexibility index (Phi) is 4.48. The molecule has 0 radical (unpaired) electrons. The average Bonchev–Trinajstić information content (AvgIpc) is 2.44. The summed E-state index contributed by atoms with van der Waals surface area (Å²) in [5, 5.41) is 0. The Morgan fingerprint density at radius 1 is 0.708 bits per heavy atom. The van der Waals surface area contributed by atoms with E-state index in [1.807, 2.05) is 0 Å². The van der Waals surface area contributed by atoms with E-state index in [0.717, 1.165) is 38.1 Å². The molecular weight excluding hydrogens is 334 g/mol. The van der Waals surface area contributed by atoms with Gasteiger partial charge < -0.3 is 0 Å². The fourth-order valence-electron chi connectivity index (χ4n) is 2.52. The highest BCUT2D eigenvalue weighted by Gasteiger charge is 2.35. The van der Waals surface area contributed by atoms with Crippen LogP contribution in [0.3, 0.4) is 0 Å². The lowest BCUT2D eigenvalue weighted by Crippen LogP contribution is -2.15. The van der Waals surface area contributed by atoms with Crippen LogP contribution < -0.4 is 0 Å². The zero-order chi connectivity index (χ0) is 18.3. The molecule has 0 bridgehead atoms. The van der Waals surface area contributed by atoms with Gasteiger partial charge in [0.05, 0.1) is 11.1 Å². The highest BCUT2D eigenvalue weighted by atomic mass is 19.4. The number of benzene rings is 2. The molecule has 0 spiro atoms. The van der Waals surface area contributed by atoms with Gasteiger partial charge in [0.2, 0.25) is 0 Å². The first-order valence-electron chi connectivity index (χ1n) is 6.83. The van der Waals surface area contributed by atoms with Crippen LogP contribution in [-0.4, -0.2) is 5.78 Å². The molecule has 0 unspecified atom stereocenters. The molecular formula is C17H12F6O. The second-order valence-electron chi connectivity index (χ2n) is 5.28. The van der Waals surface area contributed by atoms with Crippen LogP contribution in [0.1, 0.15) is 38.2 Å². The maximum atomic E-state index is 12.9. The van der Waals surface area contributed by atoms with E-state index >= 15 is 0 Å². The zero-order valence-corrected chi connectivity index (χ0v) is 12.6. The molecule has 2 rings (SSSR count). The molecule has 2 aromatic rings. The molecule has 0 aliphatic carbocycles. The molecule has 0 saturated carbocycles. The van der Waals surface area contributed by atoms with Crippen molar-refractivity contribution < 1.29 is 31.1 Å². The molecule has 24 heavy (non-hydrogen) atoms. The summed E-state index contributed by atoms with van der Waals surface area (Å²) >= 11 is 0. The molecule has 0 heterocycles.